The Morgan fingerprint density at radius 1 is 1.50 bits per heavy atom. The first-order valence-corrected chi connectivity index (χ1v) is 3.46. The number of hydrogen-bond donors (Lipinski definition) is 1. The van der Waals surface area contributed by atoms with Gasteiger partial charge in [-0.1, -0.05) is 5.92 Å². The smallest absolute Gasteiger partial charge is 0.102 e. The van der Waals surface area contributed by atoms with Gasteiger partial charge in [0.15, 0.2) is 0 Å². The van der Waals surface area contributed by atoms with E-state index >= 15 is 0 Å². The predicted octanol–water partition coefficient (Wildman–Crippen LogP) is 1.43. The van der Waals surface area contributed by atoms with Crippen molar-refractivity contribution in [1.82, 2.24) is 0 Å². The summed E-state index contributed by atoms with van der Waals surface area (Å²) < 4.78 is 0. The van der Waals surface area contributed by atoms with E-state index in [-0.39, 0.29) is 0 Å². The van der Waals surface area contributed by atoms with Gasteiger partial charge in [0, 0.05) is 11.3 Å². The maximum absolute atomic E-state index is 8.72. The lowest BCUT2D eigenvalue weighted by molar-refractivity contribution is 1.37. The summed E-state index contributed by atoms with van der Waals surface area (Å²) >= 11 is 0. The standard InChI is InChI=1S/C10H8N2/c1-3-8-4-5-10(12)9(6-11)7(8)2/h1,4-5H,12H2,2H3. The number of benzene rings is 1. The molecule has 0 saturated carbocycles. The zero-order chi connectivity index (χ0) is 9.14. The summed E-state index contributed by atoms with van der Waals surface area (Å²) in [5.41, 5.74) is 8.02. The molecule has 0 atom stereocenters. The van der Waals surface area contributed by atoms with Gasteiger partial charge in [0.25, 0.3) is 0 Å². The normalized spacial score (nSPS) is 8.58. The highest BCUT2D eigenvalue weighted by Crippen LogP contribution is 2.18. The maximum Gasteiger partial charge on any atom is 0.102 e. The lowest BCUT2D eigenvalue weighted by atomic mass is 10.0. The summed E-state index contributed by atoms with van der Waals surface area (Å²) in [6.45, 7) is 1.80. The fraction of sp³-hybridized carbons (Fsp3) is 0.100. The minimum Gasteiger partial charge on any atom is -0.398 e. The number of nitrogens with two attached hydrogens (primary N) is 1. The van der Waals surface area contributed by atoms with Crippen LogP contribution >= 0.6 is 0 Å². The molecule has 0 saturated heterocycles. The van der Waals surface area contributed by atoms with Crippen LogP contribution in [0.3, 0.4) is 0 Å². The molecule has 0 heterocycles. The van der Waals surface area contributed by atoms with Gasteiger partial charge in [-0.3, -0.25) is 0 Å². The zero-order valence-corrected chi connectivity index (χ0v) is 6.76. The first kappa shape index (κ1) is 8.17. The minimum atomic E-state index is 0.477. The van der Waals surface area contributed by atoms with Crippen LogP contribution in [0.5, 0.6) is 0 Å². The molecule has 0 radical (unpaired) electrons. The number of nitrogens with zero attached hydrogens (tertiary/aromatic N) is 1. The maximum atomic E-state index is 8.72. The second kappa shape index (κ2) is 2.98. The van der Waals surface area contributed by atoms with Crippen LogP contribution in [0, 0.1) is 30.6 Å². The molecular weight excluding hydrogens is 148 g/mol. The van der Waals surface area contributed by atoms with Crippen LogP contribution in [0.15, 0.2) is 12.1 Å². The van der Waals surface area contributed by atoms with Crippen LogP contribution < -0.4 is 5.73 Å². The molecule has 0 aromatic heterocycles. The van der Waals surface area contributed by atoms with Crippen LogP contribution in [0.1, 0.15) is 16.7 Å². The number of hydrogen-bond acceptors (Lipinski definition) is 2. The van der Waals surface area contributed by atoms with Gasteiger partial charge in [-0.2, -0.15) is 5.26 Å². The van der Waals surface area contributed by atoms with Crippen LogP contribution in [0.2, 0.25) is 0 Å². The topological polar surface area (TPSA) is 49.8 Å². The fourth-order valence-electron chi connectivity index (χ4n) is 1.04. The zero-order valence-electron chi connectivity index (χ0n) is 6.76. The predicted molar refractivity (Wildman–Crippen MR) is 48.2 cm³/mol. The second-order valence-electron chi connectivity index (χ2n) is 2.46. The number of rotatable bonds is 0. The van der Waals surface area contributed by atoms with Crippen molar-refractivity contribution in [2.75, 3.05) is 5.73 Å². The highest BCUT2D eigenvalue weighted by Gasteiger charge is 2.04. The van der Waals surface area contributed by atoms with Crippen molar-refractivity contribution >= 4 is 5.69 Å². The summed E-state index contributed by atoms with van der Waals surface area (Å²) in [6.07, 6.45) is 5.22. The quantitative estimate of drug-likeness (QED) is 0.456. The van der Waals surface area contributed by atoms with Gasteiger partial charge < -0.3 is 5.73 Å². The molecule has 2 nitrogen and oxygen atoms in total. The Kier molecular flexibility index (Phi) is 2.03. The number of anilines is 1. The molecule has 0 aliphatic carbocycles. The van der Waals surface area contributed by atoms with Gasteiger partial charge in [-0.25, -0.2) is 0 Å². The molecule has 0 bridgehead atoms. The van der Waals surface area contributed by atoms with Crippen molar-refractivity contribution in [3.8, 4) is 18.4 Å². The first-order valence-electron chi connectivity index (χ1n) is 3.46. The molecule has 0 aliphatic rings. The van der Waals surface area contributed by atoms with Gasteiger partial charge in [-0.05, 0) is 24.6 Å². The summed E-state index contributed by atoms with van der Waals surface area (Å²) in [6, 6.07) is 5.41. The first-order chi connectivity index (χ1) is 5.70. The molecule has 1 aromatic rings. The Balaban J connectivity index is 3.50. The van der Waals surface area contributed by atoms with Crippen LogP contribution in [-0.4, -0.2) is 0 Å². The highest BCUT2D eigenvalue weighted by atomic mass is 14.6. The Morgan fingerprint density at radius 2 is 2.17 bits per heavy atom. The van der Waals surface area contributed by atoms with Gasteiger partial charge in [-0.15, -0.1) is 6.42 Å². The van der Waals surface area contributed by atoms with E-state index in [0.717, 1.165) is 11.1 Å². The molecule has 1 rings (SSSR count). The van der Waals surface area contributed by atoms with E-state index in [1.807, 2.05) is 6.07 Å². The summed E-state index contributed by atoms with van der Waals surface area (Å²) in [4.78, 5) is 0. The van der Waals surface area contributed by atoms with Crippen molar-refractivity contribution in [1.29, 1.82) is 5.26 Å². The molecule has 2 N–H and O–H groups in total. The Bertz CT molecular complexity index is 392. The van der Waals surface area contributed by atoms with Crippen molar-refractivity contribution in [3.63, 3.8) is 0 Å². The largest absolute Gasteiger partial charge is 0.398 e. The number of nitrogen functional groups attached to an aromatic ring is 1. The molecule has 0 unspecified atom stereocenters. The molecule has 0 spiro atoms. The van der Waals surface area contributed by atoms with Crippen molar-refractivity contribution in [2.45, 2.75) is 6.92 Å². The van der Waals surface area contributed by atoms with Crippen molar-refractivity contribution in [2.24, 2.45) is 0 Å². The van der Waals surface area contributed by atoms with E-state index < -0.39 is 0 Å². The third-order valence-electron chi connectivity index (χ3n) is 1.76. The van der Waals surface area contributed by atoms with E-state index in [0.29, 0.717) is 11.3 Å². The van der Waals surface area contributed by atoms with Crippen molar-refractivity contribution in [3.05, 3.63) is 28.8 Å². The Labute approximate surface area is 71.6 Å². The molecule has 0 fully saturated rings. The number of terminal acetylenes is 1. The molecular formula is C10H8N2. The van der Waals surface area contributed by atoms with Crippen LogP contribution in [-0.2, 0) is 0 Å². The van der Waals surface area contributed by atoms with Gasteiger partial charge in [0.05, 0.1) is 5.56 Å². The van der Waals surface area contributed by atoms with Crippen molar-refractivity contribution < 1.29 is 0 Å². The van der Waals surface area contributed by atoms with E-state index in [1.165, 1.54) is 0 Å². The minimum absolute atomic E-state index is 0.477. The van der Waals surface area contributed by atoms with Crippen LogP contribution in [0.4, 0.5) is 5.69 Å². The summed E-state index contributed by atoms with van der Waals surface area (Å²) in [5.74, 6) is 2.49. The van der Waals surface area contributed by atoms with E-state index in [2.05, 4.69) is 5.92 Å². The fourth-order valence-corrected chi connectivity index (χ4v) is 1.04. The average molecular weight is 156 g/mol. The van der Waals surface area contributed by atoms with E-state index in [1.54, 1.807) is 19.1 Å². The summed E-state index contributed by atoms with van der Waals surface area (Å²) in [7, 11) is 0. The third-order valence-corrected chi connectivity index (χ3v) is 1.76. The molecule has 2 heteroatoms. The van der Waals surface area contributed by atoms with E-state index in [4.69, 9.17) is 17.4 Å². The SMILES string of the molecule is C#Cc1ccc(N)c(C#N)c1C. The number of nitriles is 1. The average Bonchev–Trinajstić information content (AvgIpc) is 2.06. The van der Waals surface area contributed by atoms with Gasteiger partial charge in [0.2, 0.25) is 0 Å². The second-order valence-corrected chi connectivity index (χ2v) is 2.46. The lowest BCUT2D eigenvalue weighted by Crippen LogP contribution is -1.95. The van der Waals surface area contributed by atoms with Gasteiger partial charge >= 0.3 is 0 Å². The summed E-state index contributed by atoms with van der Waals surface area (Å²) in [5, 5.41) is 8.72. The molecule has 1 aromatic carbocycles. The monoisotopic (exact) mass is 156 g/mol. The Morgan fingerprint density at radius 3 is 2.67 bits per heavy atom. The molecule has 0 aliphatic heterocycles. The lowest BCUT2D eigenvalue weighted by Gasteiger charge is -2.03. The van der Waals surface area contributed by atoms with E-state index in [9.17, 15) is 0 Å². The van der Waals surface area contributed by atoms with Gasteiger partial charge in [0.1, 0.15) is 6.07 Å². The molecule has 0 amide bonds. The third kappa shape index (κ3) is 1.11. The van der Waals surface area contributed by atoms with Crippen LogP contribution in [0.25, 0.3) is 0 Å². The molecule has 58 valence electrons. The Hall–Kier alpha value is -1.93. The highest BCUT2D eigenvalue weighted by molar-refractivity contribution is 5.62. The molecule has 12 heavy (non-hydrogen) atoms.